The quantitative estimate of drug-likeness (QED) is 0.279. The molecule has 0 bridgehead atoms. The van der Waals surface area contributed by atoms with Gasteiger partial charge in [0.05, 0.1) is 0 Å². The molecule has 0 heterocycles. The molecule has 0 fully saturated rings. The lowest BCUT2D eigenvalue weighted by molar-refractivity contribution is 0.637. The van der Waals surface area contributed by atoms with Gasteiger partial charge in [0.25, 0.3) is 0 Å². The average molecular weight is 214 g/mol. The van der Waals surface area contributed by atoms with E-state index in [0.29, 0.717) is 0 Å². The van der Waals surface area contributed by atoms with Gasteiger partial charge in [0.15, 0.2) is 0 Å². The maximum absolute atomic E-state index is 5.02. The maximum atomic E-state index is 5.02. The molecule has 0 amide bonds. The van der Waals surface area contributed by atoms with Gasteiger partial charge < -0.3 is 0 Å². The number of allylic oxidation sites excluding steroid dienone is 1. The van der Waals surface area contributed by atoms with Crippen LogP contribution in [0.15, 0.2) is 12.2 Å². The predicted octanol–water partition coefficient (Wildman–Crippen LogP) is 3.78. The van der Waals surface area contributed by atoms with E-state index < -0.39 is 0 Å². The molecule has 0 spiro atoms. The minimum atomic E-state index is 0.952. The highest BCUT2D eigenvalue weighted by Gasteiger charge is 1.84. The second kappa shape index (κ2) is 16.1. The molecule has 2 nitrogen and oxygen atoms in total. The molecule has 0 aliphatic rings. The molecule has 0 aromatic rings. The first-order chi connectivity index (χ1) is 7.18. The van der Waals surface area contributed by atoms with Crippen molar-refractivity contribution in [2.24, 2.45) is 5.84 Å². The minimum Gasteiger partial charge on any atom is -0.271 e. The predicted molar refractivity (Wildman–Crippen MR) is 70.7 cm³/mol. The van der Waals surface area contributed by atoms with Crippen LogP contribution in [0.2, 0.25) is 0 Å². The van der Waals surface area contributed by atoms with Gasteiger partial charge in [-0.15, -0.1) is 6.58 Å². The normalized spacial score (nSPS) is 9.33. The molecule has 92 valence electrons. The largest absolute Gasteiger partial charge is 0.271 e. The molecule has 2 heteroatoms. The van der Waals surface area contributed by atoms with E-state index in [1.54, 1.807) is 0 Å². The first-order valence-electron chi connectivity index (χ1n) is 6.26. The Morgan fingerprint density at radius 1 is 1.07 bits per heavy atom. The highest BCUT2D eigenvalue weighted by Crippen LogP contribution is 2.04. The van der Waals surface area contributed by atoms with Crippen LogP contribution in [0, 0.1) is 0 Å². The van der Waals surface area contributed by atoms with E-state index >= 15 is 0 Å². The molecule has 0 rings (SSSR count). The van der Waals surface area contributed by atoms with Crippen molar-refractivity contribution in [1.82, 2.24) is 5.43 Å². The fourth-order valence-electron chi connectivity index (χ4n) is 1.15. The third-order valence-corrected chi connectivity index (χ3v) is 2.13. The Morgan fingerprint density at radius 2 is 1.60 bits per heavy atom. The van der Waals surface area contributed by atoms with E-state index in [9.17, 15) is 0 Å². The van der Waals surface area contributed by atoms with Crippen LogP contribution in [0.25, 0.3) is 0 Å². The molecule has 0 saturated carbocycles. The van der Waals surface area contributed by atoms with Gasteiger partial charge in [-0.3, -0.25) is 11.3 Å². The Labute approximate surface area is 96.3 Å². The summed E-state index contributed by atoms with van der Waals surface area (Å²) in [6.07, 6.45) is 8.96. The van der Waals surface area contributed by atoms with Gasteiger partial charge in [0.2, 0.25) is 0 Å². The molecule has 0 radical (unpaired) electrons. The molecule has 0 aliphatic heterocycles. The van der Waals surface area contributed by atoms with Crippen LogP contribution in [-0.4, -0.2) is 6.54 Å². The number of nitrogens with two attached hydrogens (primary N) is 1. The lowest BCUT2D eigenvalue weighted by Gasteiger charge is -1.94. The van der Waals surface area contributed by atoms with Crippen molar-refractivity contribution >= 4 is 0 Å². The van der Waals surface area contributed by atoms with E-state index in [2.05, 4.69) is 32.8 Å². The van der Waals surface area contributed by atoms with E-state index in [0.717, 1.165) is 6.54 Å². The Kier molecular flexibility index (Phi) is 18.3. The summed E-state index contributed by atoms with van der Waals surface area (Å²) in [5.74, 6) is 5.02. The number of hydrogen-bond donors (Lipinski definition) is 2. The third kappa shape index (κ3) is 24.8. The van der Waals surface area contributed by atoms with Gasteiger partial charge in [-0.1, -0.05) is 45.1 Å². The Morgan fingerprint density at radius 3 is 2.00 bits per heavy atom. The molecule has 0 aliphatic carbocycles. The number of hydrogen-bond acceptors (Lipinski definition) is 2. The van der Waals surface area contributed by atoms with Gasteiger partial charge in [-0.2, -0.15) is 0 Å². The van der Waals surface area contributed by atoms with Crippen LogP contribution in [0.1, 0.15) is 65.7 Å². The van der Waals surface area contributed by atoms with E-state index in [1.807, 2.05) is 0 Å². The summed E-state index contributed by atoms with van der Waals surface area (Å²) in [4.78, 5) is 0. The summed E-state index contributed by atoms with van der Waals surface area (Å²) < 4.78 is 0. The zero-order valence-corrected chi connectivity index (χ0v) is 10.9. The molecule has 0 unspecified atom stereocenters. The highest BCUT2D eigenvalue weighted by atomic mass is 15.2. The first kappa shape index (κ1) is 17.1. The third-order valence-electron chi connectivity index (χ3n) is 2.13. The summed E-state index contributed by atoms with van der Waals surface area (Å²) >= 11 is 0. The molecular formula is C13H30N2. The second-order valence-electron chi connectivity index (χ2n) is 4.08. The standard InChI is InChI=1S/C8H16.C5H14N2/c1-4-5-6-7-8(2)3;1-2-3-4-5-7-6/h2,4-7H2,1,3H3;7H,2-6H2,1H3. The smallest absolute Gasteiger partial charge is 0.00974 e. The number of hydrazine groups is 1. The molecule has 0 aromatic carbocycles. The van der Waals surface area contributed by atoms with E-state index in [4.69, 9.17) is 5.84 Å². The highest BCUT2D eigenvalue weighted by molar-refractivity contribution is 4.86. The van der Waals surface area contributed by atoms with Gasteiger partial charge in [0, 0.05) is 6.54 Å². The van der Waals surface area contributed by atoms with Crippen LogP contribution >= 0.6 is 0 Å². The Bertz CT molecular complexity index is 118. The van der Waals surface area contributed by atoms with Gasteiger partial charge in [-0.05, 0) is 26.2 Å². The van der Waals surface area contributed by atoms with Crippen LogP contribution in [0.5, 0.6) is 0 Å². The minimum absolute atomic E-state index is 0.952. The lowest BCUT2D eigenvalue weighted by atomic mass is 10.1. The fourth-order valence-corrected chi connectivity index (χ4v) is 1.15. The fraction of sp³-hybridized carbons (Fsp3) is 0.846. The van der Waals surface area contributed by atoms with Crippen molar-refractivity contribution < 1.29 is 0 Å². The summed E-state index contributed by atoms with van der Waals surface area (Å²) in [7, 11) is 0. The SMILES string of the molecule is C=C(C)CCCCC.CCCCCNN. The Balaban J connectivity index is 0. The zero-order chi connectivity index (χ0) is 11.9. The monoisotopic (exact) mass is 214 g/mol. The van der Waals surface area contributed by atoms with Crippen LogP contribution < -0.4 is 11.3 Å². The Hall–Kier alpha value is -0.340. The molecule has 0 aromatic heterocycles. The molecule has 15 heavy (non-hydrogen) atoms. The zero-order valence-electron chi connectivity index (χ0n) is 10.9. The van der Waals surface area contributed by atoms with Crippen molar-refractivity contribution in [3.63, 3.8) is 0 Å². The second-order valence-corrected chi connectivity index (χ2v) is 4.08. The molecule has 0 atom stereocenters. The van der Waals surface area contributed by atoms with Crippen LogP contribution in [0.4, 0.5) is 0 Å². The van der Waals surface area contributed by atoms with E-state index in [1.165, 1.54) is 50.5 Å². The van der Waals surface area contributed by atoms with Crippen molar-refractivity contribution in [2.75, 3.05) is 6.54 Å². The average Bonchev–Trinajstić information content (AvgIpc) is 2.20. The van der Waals surface area contributed by atoms with Crippen molar-refractivity contribution in [3.8, 4) is 0 Å². The van der Waals surface area contributed by atoms with Crippen molar-refractivity contribution in [1.29, 1.82) is 0 Å². The van der Waals surface area contributed by atoms with Crippen LogP contribution in [-0.2, 0) is 0 Å². The first-order valence-corrected chi connectivity index (χ1v) is 6.26. The summed E-state index contributed by atoms with van der Waals surface area (Å²) in [5.41, 5.74) is 3.92. The maximum Gasteiger partial charge on any atom is 0.00974 e. The number of unbranched alkanes of at least 4 members (excludes halogenated alkanes) is 4. The topological polar surface area (TPSA) is 38.0 Å². The van der Waals surface area contributed by atoms with Crippen molar-refractivity contribution in [3.05, 3.63) is 12.2 Å². The van der Waals surface area contributed by atoms with E-state index in [-0.39, 0.29) is 0 Å². The summed E-state index contributed by atoms with van der Waals surface area (Å²) in [6.45, 7) is 11.3. The molecule has 0 saturated heterocycles. The van der Waals surface area contributed by atoms with Gasteiger partial charge >= 0.3 is 0 Å². The summed E-state index contributed by atoms with van der Waals surface area (Å²) in [5, 5.41) is 0. The van der Waals surface area contributed by atoms with Gasteiger partial charge in [-0.25, -0.2) is 0 Å². The molecular weight excluding hydrogens is 184 g/mol. The summed E-state index contributed by atoms with van der Waals surface area (Å²) in [6, 6.07) is 0. The number of rotatable bonds is 8. The number of nitrogens with one attached hydrogen (secondary N) is 1. The molecule has 3 N–H and O–H groups in total. The lowest BCUT2D eigenvalue weighted by Crippen LogP contribution is -2.22. The van der Waals surface area contributed by atoms with Gasteiger partial charge in [0.1, 0.15) is 0 Å². The van der Waals surface area contributed by atoms with Crippen LogP contribution in [0.3, 0.4) is 0 Å². The van der Waals surface area contributed by atoms with Crippen molar-refractivity contribution in [2.45, 2.75) is 65.7 Å².